The van der Waals surface area contributed by atoms with E-state index in [9.17, 15) is 18.0 Å². The van der Waals surface area contributed by atoms with Crippen molar-refractivity contribution in [3.63, 3.8) is 0 Å². The molecule has 136 valence electrons. The minimum Gasteiger partial charge on any atom is -0.484 e. The zero-order valence-electron chi connectivity index (χ0n) is 13.1. The molecular formula is C16H22ClF3N2O2. The maximum absolute atomic E-state index is 12.4. The van der Waals surface area contributed by atoms with Gasteiger partial charge in [-0.3, -0.25) is 4.79 Å². The molecule has 8 heteroatoms. The van der Waals surface area contributed by atoms with Gasteiger partial charge in [-0.2, -0.15) is 13.2 Å². The monoisotopic (exact) mass is 366 g/mol. The molecule has 2 atom stereocenters. The van der Waals surface area contributed by atoms with E-state index in [1.54, 1.807) is 0 Å². The third-order valence-electron chi connectivity index (χ3n) is 4.11. The largest absolute Gasteiger partial charge is 0.484 e. The van der Waals surface area contributed by atoms with Crippen molar-refractivity contribution < 1.29 is 22.7 Å². The van der Waals surface area contributed by atoms with Gasteiger partial charge in [-0.15, -0.1) is 12.4 Å². The van der Waals surface area contributed by atoms with E-state index in [2.05, 4.69) is 5.32 Å². The number of hydrogen-bond donors (Lipinski definition) is 2. The number of ether oxygens (including phenoxy) is 1. The number of alkyl halides is 3. The van der Waals surface area contributed by atoms with Gasteiger partial charge in [0.25, 0.3) is 5.91 Å². The molecule has 1 aromatic carbocycles. The minimum absolute atomic E-state index is 0. The molecule has 1 fully saturated rings. The molecular weight excluding hydrogens is 345 g/mol. The fourth-order valence-corrected chi connectivity index (χ4v) is 2.82. The summed E-state index contributed by atoms with van der Waals surface area (Å²) in [6.45, 7) is 0.309. The van der Waals surface area contributed by atoms with E-state index < -0.39 is 11.7 Å². The fourth-order valence-electron chi connectivity index (χ4n) is 2.82. The highest BCUT2D eigenvalue weighted by molar-refractivity contribution is 5.85. The summed E-state index contributed by atoms with van der Waals surface area (Å²) in [6.07, 6.45) is -0.305. The molecule has 0 saturated heterocycles. The van der Waals surface area contributed by atoms with Crippen molar-refractivity contribution in [3.8, 4) is 5.75 Å². The Labute approximate surface area is 145 Å². The molecule has 1 aliphatic rings. The topological polar surface area (TPSA) is 64.3 Å². The molecule has 0 aliphatic heterocycles. The van der Waals surface area contributed by atoms with Crippen LogP contribution in [0, 0.1) is 5.92 Å². The van der Waals surface area contributed by atoms with Crippen LogP contribution >= 0.6 is 12.4 Å². The van der Waals surface area contributed by atoms with Crippen molar-refractivity contribution in [1.82, 2.24) is 5.32 Å². The number of halogens is 4. The summed E-state index contributed by atoms with van der Waals surface area (Å²) in [6, 6.07) is 4.33. The van der Waals surface area contributed by atoms with Gasteiger partial charge in [0, 0.05) is 6.04 Å². The van der Waals surface area contributed by atoms with E-state index in [4.69, 9.17) is 10.5 Å². The van der Waals surface area contributed by atoms with Gasteiger partial charge in [0.15, 0.2) is 6.61 Å². The Hall–Kier alpha value is -1.47. The van der Waals surface area contributed by atoms with Gasteiger partial charge in [0.1, 0.15) is 5.75 Å². The van der Waals surface area contributed by atoms with Crippen LogP contribution in [-0.4, -0.2) is 25.1 Å². The molecule has 1 aromatic rings. The molecule has 2 rings (SSSR count). The molecule has 0 heterocycles. The number of nitrogens with two attached hydrogens (primary N) is 1. The van der Waals surface area contributed by atoms with Crippen LogP contribution in [0.1, 0.15) is 31.2 Å². The van der Waals surface area contributed by atoms with Crippen molar-refractivity contribution in [2.24, 2.45) is 11.7 Å². The first-order valence-electron chi connectivity index (χ1n) is 7.69. The highest BCUT2D eigenvalue weighted by atomic mass is 35.5. The average molecular weight is 367 g/mol. The zero-order chi connectivity index (χ0) is 16.9. The summed E-state index contributed by atoms with van der Waals surface area (Å²) in [7, 11) is 0. The van der Waals surface area contributed by atoms with Crippen LogP contribution in [0.2, 0.25) is 0 Å². The molecule has 0 bridgehead atoms. The second-order valence-corrected chi connectivity index (χ2v) is 5.77. The van der Waals surface area contributed by atoms with Gasteiger partial charge in [-0.25, -0.2) is 0 Å². The number of nitrogens with one attached hydrogen (secondary N) is 1. The van der Waals surface area contributed by atoms with Crippen molar-refractivity contribution in [1.29, 1.82) is 0 Å². The van der Waals surface area contributed by atoms with Crippen LogP contribution in [0.4, 0.5) is 13.2 Å². The smallest absolute Gasteiger partial charge is 0.416 e. The predicted molar refractivity (Wildman–Crippen MR) is 87.1 cm³/mol. The van der Waals surface area contributed by atoms with Gasteiger partial charge in [0.2, 0.25) is 0 Å². The SMILES string of the molecule is Cl.NCC1CCCCC1NC(=O)COc1ccc(C(F)(F)F)cc1. The molecule has 1 amide bonds. The highest BCUT2D eigenvalue weighted by Gasteiger charge is 2.30. The van der Waals surface area contributed by atoms with Crippen LogP contribution in [-0.2, 0) is 11.0 Å². The first-order chi connectivity index (χ1) is 10.9. The van der Waals surface area contributed by atoms with E-state index in [1.807, 2.05) is 0 Å². The lowest BCUT2D eigenvalue weighted by Crippen LogP contribution is -2.46. The lowest BCUT2D eigenvalue weighted by molar-refractivity contribution is -0.137. The summed E-state index contributed by atoms with van der Waals surface area (Å²) < 4.78 is 42.6. The highest BCUT2D eigenvalue weighted by Crippen LogP contribution is 2.30. The lowest BCUT2D eigenvalue weighted by atomic mass is 9.84. The normalized spacial score (nSPS) is 20.8. The van der Waals surface area contributed by atoms with Crippen LogP contribution < -0.4 is 15.8 Å². The Balaban J connectivity index is 0.00000288. The molecule has 2 unspecified atom stereocenters. The van der Waals surface area contributed by atoms with Gasteiger partial charge >= 0.3 is 6.18 Å². The van der Waals surface area contributed by atoms with E-state index in [0.29, 0.717) is 6.54 Å². The van der Waals surface area contributed by atoms with Crippen molar-refractivity contribution in [2.45, 2.75) is 37.9 Å². The Morgan fingerprint density at radius 1 is 1.21 bits per heavy atom. The van der Waals surface area contributed by atoms with Crippen LogP contribution in [0.25, 0.3) is 0 Å². The van der Waals surface area contributed by atoms with Crippen LogP contribution in [0.15, 0.2) is 24.3 Å². The Kier molecular flexibility index (Phi) is 7.83. The molecule has 1 aliphatic carbocycles. The number of carbonyl (C=O) groups is 1. The van der Waals surface area contributed by atoms with E-state index in [0.717, 1.165) is 37.8 Å². The first kappa shape index (κ1) is 20.6. The summed E-state index contributed by atoms with van der Waals surface area (Å²) in [4.78, 5) is 11.9. The number of carbonyl (C=O) groups excluding carboxylic acids is 1. The average Bonchev–Trinajstić information content (AvgIpc) is 2.53. The van der Waals surface area contributed by atoms with Crippen LogP contribution in [0.5, 0.6) is 5.75 Å². The summed E-state index contributed by atoms with van der Waals surface area (Å²) in [5.41, 5.74) is 4.96. The molecule has 24 heavy (non-hydrogen) atoms. The molecule has 4 nitrogen and oxygen atoms in total. The second-order valence-electron chi connectivity index (χ2n) is 5.77. The first-order valence-corrected chi connectivity index (χ1v) is 7.69. The standard InChI is InChI=1S/C16H21F3N2O2.ClH/c17-16(18,19)12-5-7-13(8-6-12)23-10-15(22)21-14-4-2-1-3-11(14)9-20;/h5-8,11,14H,1-4,9-10,20H2,(H,21,22);1H. The van der Waals surface area contributed by atoms with Gasteiger partial charge in [0.05, 0.1) is 5.56 Å². The van der Waals surface area contributed by atoms with Crippen LogP contribution in [0.3, 0.4) is 0 Å². The quantitative estimate of drug-likeness (QED) is 0.841. The summed E-state index contributed by atoms with van der Waals surface area (Å²) in [5.74, 6) is 0.223. The van der Waals surface area contributed by atoms with Crippen molar-refractivity contribution in [2.75, 3.05) is 13.2 Å². The van der Waals surface area contributed by atoms with Crippen molar-refractivity contribution in [3.05, 3.63) is 29.8 Å². The number of hydrogen-bond acceptors (Lipinski definition) is 3. The molecule has 3 N–H and O–H groups in total. The zero-order valence-corrected chi connectivity index (χ0v) is 14.0. The lowest BCUT2D eigenvalue weighted by Gasteiger charge is -2.31. The summed E-state index contributed by atoms with van der Waals surface area (Å²) >= 11 is 0. The molecule has 0 aromatic heterocycles. The van der Waals surface area contributed by atoms with Gasteiger partial charge in [-0.1, -0.05) is 12.8 Å². The number of benzene rings is 1. The predicted octanol–water partition coefficient (Wildman–Crippen LogP) is 3.14. The van der Waals surface area contributed by atoms with Gasteiger partial charge < -0.3 is 15.8 Å². The van der Waals surface area contributed by atoms with E-state index in [1.165, 1.54) is 12.1 Å². The second kappa shape index (κ2) is 9.13. The maximum atomic E-state index is 12.4. The number of amides is 1. The van der Waals surface area contributed by atoms with Crippen molar-refractivity contribution >= 4 is 18.3 Å². The Morgan fingerprint density at radius 2 is 1.83 bits per heavy atom. The maximum Gasteiger partial charge on any atom is 0.416 e. The third-order valence-corrected chi connectivity index (χ3v) is 4.11. The van der Waals surface area contributed by atoms with E-state index in [-0.39, 0.29) is 42.6 Å². The van der Waals surface area contributed by atoms with E-state index >= 15 is 0 Å². The molecule has 0 spiro atoms. The summed E-state index contributed by atoms with van der Waals surface area (Å²) in [5, 5.41) is 2.90. The van der Waals surface area contributed by atoms with Gasteiger partial charge in [-0.05, 0) is 49.6 Å². The Bertz CT molecular complexity index is 523. The molecule has 1 saturated carbocycles. The molecule has 0 radical (unpaired) electrons. The fraction of sp³-hybridized carbons (Fsp3) is 0.562. The minimum atomic E-state index is -4.38. The third kappa shape index (κ3) is 5.87. The number of rotatable bonds is 5. The Morgan fingerprint density at radius 3 is 2.42 bits per heavy atom.